The Labute approximate surface area is 215 Å². The lowest BCUT2D eigenvalue weighted by atomic mass is 9.79. The number of nitrogens with zero attached hydrogens (tertiary/aromatic N) is 2. The number of halogens is 1. The second kappa shape index (κ2) is 14.5. The molecular formula is C28H45FN4O3. The van der Waals surface area contributed by atoms with E-state index in [4.69, 9.17) is 9.72 Å². The number of pyridine rings is 1. The van der Waals surface area contributed by atoms with Crippen LogP contribution in [0.1, 0.15) is 82.4 Å². The number of methoxy groups -OCH3 is 1. The number of amides is 1. The number of anilines is 1. The Hall–Kier alpha value is -2.22. The van der Waals surface area contributed by atoms with Crippen LogP contribution in [0.3, 0.4) is 0 Å². The summed E-state index contributed by atoms with van der Waals surface area (Å²) in [6.45, 7) is 4.97. The van der Waals surface area contributed by atoms with Gasteiger partial charge in [0.25, 0.3) is 0 Å². The van der Waals surface area contributed by atoms with Gasteiger partial charge in [0.15, 0.2) is 0 Å². The topological polar surface area (TPSA) is 83.6 Å². The van der Waals surface area contributed by atoms with Crippen molar-refractivity contribution in [1.82, 2.24) is 15.2 Å². The molecule has 1 aromatic rings. The number of hydrogen-bond donors (Lipinski definition) is 2. The van der Waals surface area contributed by atoms with E-state index in [1.165, 1.54) is 19.1 Å². The maximum absolute atomic E-state index is 13.1. The number of nitrogens with one attached hydrogen (secondary N) is 2. The minimum absolute atomic E-state index is 0.0740. The fourth-order valence-electron chi connectivity index (χ4n) is 5.20. The summed E-state index contributed by atoms with van der Waals surface area (Å²) in [5, 5.41) is 6.38. The van der Waals surface area contributed by atoms with Crippen molar-refractivity contribution < 1.29 is 18.7 Å². The first-order valence-corrected chi connectivity index (χ1v) is 13.8. The molecule has 7 nitrogen and oxygen atoms in total. The predicted octanol–water partition coefficient (Wildman–Crippen LogP) is 4.44. The van der Waals surface area contributed by atoms with Crippen molar-refractivity contribution in [2.75, 3.05) is 45.3 Å². The minimum atomic E-state index is -0.601. The third-order valence-corrected chi connectivity index (χ3v) is 7.78. The van der Waals surface area contributed by atoms with Crippen LogP contribution in [-0.4, -0.2) is 67.8 Å². The van der Waals surface area contributed by atoms with Crippen LogP contribution < -0.4 is 10.6 Å². The Morgan fingerprint density at radius 2 is 1.92 bits per heavy atom. The van der Waals surface area contributed by atoms with Gasteiger partial charge in [-0.25, -0.2) is 9.78 Å². The molecule has 1 fully saturated rings. The molecule has 3 heterocycles. The molecule has 0 bridgehead atoms. The van der Waals surface area contributed by atoms with E-state index in [1.807, 2.05) is 6.92 Å². The summed E-state index contributed by atoms with van der Waals surface area (Å²) >= 11 is 0. The smallest absolute Gasteiger partial charge is 0.328 e. The number of aromatic nitrogens is 1. The van der Waals surface area contributed by atoms with Crippen LogP contribution in [0.5, 0.6) is 0 Å². The van der Waals surface area contributed by atoms with Gasteiger partial charge in [0, 0.05) is 24.2 Å². The number of carbonyl (C=O) groups excluding carboxylic acids is 2. The van der Waals surface area contributed by atoms with Crippen molar-refractivity contribution in [3.05, 3.63) is 23.4 Å². The number of hydrogen-bond acceptors (Lipinski definition) is 6. The molecule has 2 aliphatic heterocycles. The van der Waals surface area contributed by atoms with E-state index in [0.29, 0.717) is 25.7 Å². The molecule has 1 saturated heterocycles. The molecule has 2 aliphatic rings. The van der Waals surface area contributed by atoms with Crippen molar-refractivity contribution in [1.29, 1.82) is 0 Å². The van der Waals surface area contributed by atoms with Gasteiger partial charge in [-0.05, 0) is 76.1 Å². The monoisotopic (exact) mass is 504 g/mol. The van der Waals surface area contributed by atoms with Crippen LogP contribution >= 0.6 is 0 Å². The minimum Gasteiger partial charge on any atom is -0.467 e. The quantitative estimate of drug-likeness (QED) is 0.288. The number of aryl methyl sites for hydroxylation is 2. The Morgan fingerprint density at radius 1 is 1.17 bits per heavy atom. The highest BCUT2D eigenvalue weighted by Crippen LogP contribution is 2.31. The largest absolute Gasteiger partial charge is 0.467 e. The van der Waals surface area contributed by atoms with Crippen molar-refractivity contribution in [3.63, 3.8) is 0 Å². The second-order valence-electron chi connectivity index (χ2n) is 10.6. The fourth-order valence-corrected chi connectivity index (χ4v) is 5.20. The molecule has 0 spiro atoms. The molecule has 0 aromatic carbocycles. The summed E-state index contributed by atoms with van der Waals surface area (Å²) in [7, 11) is 1.37. The van der Waals surface area contributed by atoms with Crippen LogP contribution in [0.4, 0.5) is 10.2 Å². The lowest BCUT2D eigenvalue weighted by Crippen LogP contribution is -2.51. The molecule has 1 amide bonds. The molecule has 1 unspecified atom stereocenters. The Morgan fingerprint density at radius 3 is 2.67 bits per heavy atom. The standard InChI is InChI=1S/C28H45FN4O3/c1-28(15-20-33(21-16-28)19-9-17-29)27(35)32-24(26(34)36-2)12-7-5-3-4-6-11-23-14-13-22-10-8-18-30-25(22)31-23/h13-14,24H,3-12,15-21H2,1-2H3,(H,30,31)(H,32,35). The predicted molar refractivity (Wildman–Crippen MR) is 141 cm³/mol. The molecule has 202 valence electrons. The van der Waals surface area contributed by atoms with Gasteiger partial charge in [0.1, 0.15) is 11.9 Å². The van der Waals surface area contributed by atoms with Gasteiger partial charge in [-0.15, -0.1) is 0 Å². The van der Waals surface area contributed by atoms with Gasteiger partial charge in [-0.2, -0.15) is 0 Å². The number of carbonyl (C=O) groups is 2. The van der Waals surface area contributed by atoms with Crippen LogP contribution in [-0.2, 0) is 27.2 Å². The Balaban J connectivity index is 1.34. The highest BCUT2D eigenvalue weighted by Gasteiger charge is 2.38. The number of piperidine rings is 1. The zero-order valence-electron chi connectivity index (χ0n) is 22.3. The number of ether oxygens (including phenoxy) is 1. The maximum Gasteiger partial charge on any atom is 0.328 e. The SMILES string of the molecule is COC(=O)C(CCCCCCCc1ccc2c(n1)NCCC2)NC(=O)C1(C)CCN(CCCF)CC1. The number of rotatable bonds is 14. The molecule has 3 rings (SSSR count). The van der Waals surface area contributed by atoms with Crippen LogP contribution in [0.2, 0.25) is 0 Å². The molecule has 36 heavy (non-hydrogen) atoms. The molecule has 8 heteroatoms. The van der Waals surface area contributed by atoms with E-state index >= 15 is 0 Å². The van der Waals surface area contributed by atoms with Gasteiger partial charge in [-0.1, -0.05) is 38.7 Å². The van der Waals surface area contributed by atoms with E-state index < -0.39 is 11.5 Å². The first-order valence-electron chi connectivity index (χ1n) is 13.8. The van der Waals surface area contributed by atoms with Gasteiger partial charge >= 0.3 is 5.97 Å². The molecule has 0 saturated carbocycles. The molecule has 0 radical (unpaired) electrons. The van der Waals surface area contributed by atoms with Crippen LogP contribution in [0.25, 0.3) is 0 Å². The summed E-state index contributed by atoms with van der Waals surface area (Å²) in [5.41, 5.74) is 1.97. The molecular weight excluding hydrogens is 459 g/mol. The molecule has 2 N–H and O–H groups in total. The number of alkyl halides is 1. The fraction of sp³-hybridized carbons (Fsp3) is 0.750. The summed E-state index contributed by atoms with van der Waals surface area (Å²) in [6.07, 6.45) is 11.0. The van der Waals surface area contributed by atoms with Crippen molar-refractivity contribution in [3.8, 4) is 0 Å². The number of esters is 1. The molecule has 0 aliphatic carbocycles. The normalized spacial score (nSPS) is 18.1. The highest BCUT2D eigenvalue weighted by molar-refractivity contribution is 5.87. The van der Waals surface area contributed by atoms with Gasteiger partial charge in [0.2, 0.25) is 5.91 Å². The average molecular weight is 505 g/mol. The first-order chi connectivity index (χ1) is 17.4. The summed E-state index contributed by atoms with van der Waals surface area (Å²) in [5.74, 6) is 0.611. The van der Waals surface area contributed by atoms with Crippen molar-refractivity contribution >= 4 is 17.7 Å². The molecule has 1 aromatic heterocycles. The zero-order valence-corrected chi connectivity index (χ0v) is 22.3. The summed E-state index contributed by atoms with van der Waals surface area (Å²) in [4.78, 5) is 32.4. The molecule has 1 atom stereocenters. The summed E-state index contributed by atoms with van der Waals surface area (Å²) < 4.78 is 17.4. The van der Waals surface area contributed by atoms with Gasteiger partial charge in [0.05, 0.1) is 13.8 Å². The zero-order chi connectivity index (χ0) is 25.8. The summed E-state index contributed by atoms with van der Waals surface area (Å²) in [6, 6.07) is 3.77. The first kappa shape index (κ1) is 28.4. The Kier molecular flexibility index (Phi) is 11.4. The van der Waals surface area contributed by atoms with Crippen molar-refractivity contribution in [2.24, 2.45) is 5.41 Å². The van der Waals surface area contributed by atoms with Crippen molar-refractivity contribution in [2.45, 2.75) is 90.0 Å². The third-order valence-electron chi connectivity index (χ3n) is 7.78. The van der Waals surface area contributed by atoms with E-state index in [9.17, 15) is 14.0 Å². The van der Waals surface area contributed by atoms with Crippen LogP contribution in [0.15, 0.2) is 12.1 Å². The van der Waals surface area contributed by atoms with Gasteiger partial charge < -0.3 is 20.3 Å². The highest BCUT2D eigenvalue weighted by atomic mass is 19.1. The van der Waals surface area contributed by atoms with E-state index in [0.717, 1.165) is 82.6 Å². The van der Waals surface area contributed by atoms with Crippen LogP contribution in [0, 0.1) is 5.41 Å². The Bertz CT molecular complexity index is 842. The third kappa shape index (κ3) is 8.43. The maximum atomic E-state index is 13.1. The number of likely N-dealkylation sites (tertiary alicyclic amines) is 1. The average Bonchev–Trinajstić information content (AvgIpc) is 2.90. The second-order valence-corrected chi connectivity index (χ2v) is 10.6. The lowest BCUT2D eigenvalue weighted by Gasteiger charge is -2.38. The number of fused-ring (bicyclic) bond motifs is 1. The van der Waals surface area contributed by atoms with E-state index in [-0.39, 0.29) is 18.6 Å². The van der Waals surface area contributed by atoms with E-state index in [1.54, 1.807) is 0 Å². The lowest BCUT2D eigenvalue weighted by molar-refractivity contribution is -0.147. The van der Waals surface area contributed by atoms with E-state index in [2.05, 4.69) is 27.7 Å². The van der Waals surface area contributed by atoms with Gasteiger partial charge in [-0.3, -0.25) is 9.18 Å². The number of unbranched alkanes of at least 4 members (excludes halogenated alkanes) is 4.